The van der Waals surface area contributed by atoms with Crippen LogP contribution in [0.1, 0.15) is 35.3 Å². The summed E-state index contributed by atoms with van der Waals surface area (Å²) in [4.78, 5) is 19.4. The van der Waals surface area contributed by atoms with Crippen molar-refractivity contribution in [3.8, 4) is 17.0 Å². The van der Waals surface area contributed by atoms with E-state index in [0.29, 0.717) is 24.3 Å². The first-order chi connectivity index (χ1) is 15.3. The minimum atomic E-state index is -4.70. The normalized spacial score (nSPS) is 21.5. The Kier molecular flexibility index (Phi) is 4.85. The molecular formula is C22H22F3N5O2. The number of aromatic nitrogens is 3. The zero-order valence-corrected chi connectivity index (χ0v) is 17.2. The number of piperidine rings is 1. The second-order valence-electron chi connectivity index (χ2n) is 8.65. The first kappa shape index (κ1) is 20.7. The summed E-state index contributed by atoms with van der Waals surface area (Å²) < 4.78 is 41.0. The standard InChI is InChI=1S/C22H22F3N5O2/c23-22(24,25)18-17-15(20(32)30-9-7-21(12-30)6-1-8-26-11-21)10-16(27-19(17)29-28-18)13-2-4-14(31)5-3-13/h2-5,10,26,31H,1,6-9,11-12H2,(H,27,28,29). The van der Waals surface area contributed by atoms with Crippen LogP contribution in [0.2, 0.25) is 0 Å². The maximum atomic E-state index is 13.7. The molecule has 3 N–H and O–H groups in total. The van der Waals surface area contributed by atoms with E-state index in [2.05, 4.69) is 15.4 Å². The average Bonchev–Trinajstić information content (AvgIpc) is 3.38. The van der Waals surface area contributed by atoms with Gasteiger partial charge in [-0.3, -0.25) is 9.89 Å². The van der Waals surface area contributed by atoms with Crippen molar-refractivity contribution in [2.75, 3.05) is 26.2 Å². The number of pyridine rings is 1. The summed E-state index contributed by atoms with van der Waals surface area (Å²) >= 11 is 0. The van der Waals surface area contributed by atoms with Crippen molar-refractivity contribution in [2.24, 2.45) is 5.41 Å². The highest BCUT2D eigenvalue weighted by Gasteiger charge is 2.42. The molecule has 7 nitrogen and oxygen atoms in total. The number of carbonyl (C=O) groups is 1. The number of phenols is 1. The van der Waals surface area contributed by atoms with Gasteiger partial charge in [0.1, 0.15) is 11.4 Å². The van der Waals surface area contributed by atoms with E-state index in [4.69, 9.17) is 0 Å². The number of hydrogen-bond acceptors (Lipinski definition) is 5. The van der Waals surface area contributed by atoms with E-state index in [0.717, 1.165) is 32.4 Å². The summed E-state index contributed by atoms with van der Waals surface area (Å²) in [7, 11) is 0. The van der Waals surface area contributed by atoms with E-state index < -0.39 is 17.8 Å². The third kappa shape index (κ3) is 3.58. The smallest absolute Gasteiger partial charge is 0.433 e. The highest BCUT2D eigenvalue weighted by molar-refractivity contribution is 6.07. The summed E-state index contributed by atoms with van der Waals surface area (Å²) in [5.41, 5.74) is -0.462. The Labute approximate surface area is 181 Å². The van der Waals surface area contributed by atoms with Crippen LogP contribution in [-0.2, 0) is 6.18 Å². The highest BCUT2D eigenvalue weighted by atomic mass is 19.4. The number of rotatable bonds is 2. The predicted octanol–water partition coefficient (Wildman–Crippen LogP) is 3.57. The number of H-pyrrole nitrogens is 1. The predicted molar refractivity (Wildman–Crippen MR) is 111 cm³/mol. The van der Waals surface area contributed by atoms with Gasteiger partial charge in [0.2, 0.25) is 0 Å². The molecule has 168 valence electrons. The molecule has 3 aromatic rings. The maximum Gasteiger partial charge on any atom is 0.433 e. The fourth-order valence-corrected chi connectivity index (χ4v) is 4.84. The number of hydrogen-bond donors (Lipinski definition) is 3. The van der Waals surface area contributed by atoms with E-state index in [9.17, 15) is 23.1 Å². The molecule has 0 bridgehead atoms. The van der Waals surface area contributed by atoms with Crippen LogP contribution < -0.4 is 5.32 Å². The van der Waals surface area contributed by atoms with Crippen LogP contribution >= 0.6 is 0 Å². The average molecular weight is 445 g/mol. The van der Waals surface area contributed by atoms with Gasteiger partial charge < -0.3 is 15.3 Å². The van der Waals surface area contributed by atoms with Crippen LogP contribution in [0.5, 0.6) is 5.75 Å². The molecule has 10 heteroatoms. The van der Waals surface area contributed by atoms with Gasteiger partial charge in [0, 0.05) is 30.6 Å². The van der Waals surface area contributed by atoms with E-state index in [1.807, 2.05) is 5.10 Å². The van der Waals surface area contributed by atoms with E-state index in [1.54, 1.807) is 17.0 Å². The molecule has 1 amide bonds. The molecule has 5 rings (SSSR count). The van der Waals surface area contributed by atoms with Crippen LogP contribution in [0.3, 0.4) is 0 Å². The van der Waals surface area contributed by atoms with Gasteiger partial charge in [0.05, 0.1) is 16.6 Å². The molecular weight excluding hydrogens is 423 g/mol. The summed E-state index contributed by atoms with van der Waals surface area (Å²) in [6, 6.07) is 7.48. The van der Waals surface area contributed by atoms with E-state index >= 15 is 0 Å². The molecule has 2 aliphatic rings. The lowest BCUT2D eigenvalue weighted by molar-refractivity contribution is -0.139. The third-order valence-corrected chi connectivity index (χ3v) is 6.49. The van der Waals surface area contributed by atoms with Gasteiger partial charge in [0.25, 0.3) is 5.91 Å². The first-order valence-corrected chi connectivity index (χ1v) is 10.5. The van der Waals surface area contributed by atoms with Crippen LogP contribution in [0.4, 0.5) is 13.2 Å². The molecule has 1 aromatic carbocycles. The van der Waals surface area contributed by atoms with Crippen LogP contribution in [0, 0.1) is 5.41 Å². The highest BCUT2D eigenvalue weighted by Crippen LogP contribution is 2.39. The van der Waals surface area contributed by atoms with Gasteiger partial charge in [-0.15, -0.1) is 0 Å². The molecule has 0 saturated carbocycles. The summed E-state index contributed by atoms with van der Waals surface area (Å²) in [5.74, 6) is -0.402. The molecule has 2 aromatic heterocycles. The van der Waals surface area contributed by atoms with E-state index in [-0.39, 0.29) is 27.8 Å². The number of phenolic OH excluding ortho intramolecular Hbond substituents is 1. The topological polar surface area (TPSA) is 94.1 Å². The van der Waals surface area contributed by atoms with Crippen molar-refractivity contribution in [2.45, 2.75) is 25.4 Å². The molecule has 0 aliphatic carbocycles. The molecule has 1 atom stereocenters. The number of likely N-dealkylation sites (tertiary alicyclic amines) is 1. The molecule has 2 fully saturated rings. The second kappa shape index (κ2) is 7.47. The Hall–Kier alpha value is -3.14. The monoisotopic (exact) mass is 445 g/mol. The number of nitrogens with zero attached hydrogens (tertiary/aromatic N) is 3. The van der Waals surface area contributed by atoms with Crippen molar-refractivity contribution in [3.05, 3.63) is 41.6 Å². The van der Waals surface area contributed by atoms with Crippen molar-refractivity contribution in [1.82, 2.24) is 25.4 Å². The number of carbonyl (C=O) groups excluding carboxylic acids is 1. The summed E-state index contributed by atoms with van der Waals surface area (Å²) in [6.45, 7) is 2.76. The Bertz CT molecular complexity index is 1170. The van der Waals surface area contributed by atoms with Crippen molar-refractivity contribution in [1.29, 1.82) is 0 Å². The number of alkyl halides is 3. The van der Waals surface area contributed by atoms with Gasteiger partial charge in [-0.05, 0) is 56.1 Å². The summed E-state index contributed by atoms with van der Waals surface area (Å²) in [5, 5.41) is 18.4. The third-order valence-electron chi connectivity index (χ3n) is 6.49. The Balaban J connectivity index is 1.60. The first-order valence-electron chi connectivity index (χ1n) is 10.5. The molecule has 2 aliphatic heterocycles. The number of halogens is 3. The van der Waals surface area contributed by atoms with Gasteiger partial charge >= 0.3 is 6.18 Å². The molecule has 4 heterocycles. The number of aromatic amines is 1. The Morgan fingerprint density at radius 3 is 2.66 bits per heavy atom. The molecule has 1 unspecified atom stereocenters. The Morgan fingerprint density at radius 2 is 1.97 bits per heavy atom. The lowest BCUT2D eigenvalue weighted by Gasteiger charge is -2.33. The van der Waals surface area contributed by atoms with E-state index in [1.165, 1.54) is 18.2 Å². The Morgan fingerprint density at radius 1 is 1.19 bits per heavy atom. The molecule has 0 radical (unpaired) electrons. The zero-order valence-electron chi connectivity index (χ0n) is 17.2. The zero-order chi connectivity index (χ0) is 22.5. The fourth-order valence-electron chi connectivity index (χ4n) is 4.84. The largest absolute Gasteiger partial charge is 0.508 e. The van der Waals surface area contributed by atoms with Gasteiger partial charge in [-0.1, -0.05) is 0 Å². The van der Waals surface area contributed by atoms with Crippen LogP contribution in [0.15, 0.2) is 30.3 Å². The van der Waals surface area contributed by atoms with Crippen molar-refractivity contribution >= 4 is 16.9 Å². The minimum absolute atomic E-state index is 0.0247. The van der Waals surface area contributed by atoms with Crippen molar-refractivity contribution < 1.29 is 23.1 Å². The molecule has 2 saturated heterocycles. The molecule has 32 heavy (non-hydrogen) atoms. The number of aromatic hydroxyl groups is 1. The molecule has 1 spiro atoms. The van der Waals surface area contributed by atoms with Gasteiger partial charge in [-0.2, -0.15) is 18.3 Å². The second-order valence-corrected chi connectivity index (χ2v) is 8.65. The van der Waals surface area contributed by atoms with Gasteiger partial charge in [0.15, 0.2) is 5.65 Å². The summed E-state index contributed by atoms with van der Waals surface area (Å²) in [6.07, 6.45) is -1.87. The lowest BCUT2D eigenvalue weighted by Crippen LogP contribution is -2.42. The quantitative estimate of drug-likeness (QED) is 0.561. The number of benzene rings is 1. The van der Waals surface area contributed by atoms with Gasteiger partial charge in [-0.25, -0.2) is 4.98 Å². The minimum Gasteiger partial charge on any atom is -0.508 e. The van der Waals surface area contributed by atoms with Crippen LogP contribution in [0.25, 0.3) is 22.3 Å². The van der Waals surface area contributed by atoms with Crippen molar-refractivity contribution in [3.63, 3.8) is 0 Å². The SMILES string of the molecule is O=C(c1cc(-c2ccc(O)cc2)nc2n[nH]c(C(F)(F)F)c12)N1CCC2(CCCNC2)C1. The lowest BCUT2D eigenvalue weighted by atomic mass is 9.80. The maximum absolute atomic E-state index is 13.7. The fraction of sp³-hybridized carbons (Fsp3) is 0.409. The van der Waals surface area contributed by atoms with Crippen LogP contribution in [-0.4, -0.2) is 57.3 Å². The number of nitrogens with one attached hydrogen (secondary N) is 2. The number of amides is 1. The number of fused-ring (bicyclic) bond motifs is 1.